The molecule has 110 valence electrons. The molecule has 20 heavy (non-hydrogen) atoms. The predicted molar refractivity (Wildman–Crippen MR) is 76.0 cm³/mol. The third-order valence-corrected chi connectivity index (χ3v) is 3.38. The number of alkyl halides is 1. The average Bonchev–Trinajstić information content (AvgIpc) is 3.08. The highest BCUT2D eigenvalue weighted by Gasteiger charge is 2.08. The molecule has 1 atom stereocenters. The Bertz CT molecular complexity index is 519. The van der Waals surface area contributed by atoms with Crippen LogP contribution in [0, 0.1) is 0 Å². The van der Waals surface area contributed by atoms with Gasteiger partial charge in [-0.15, -0.1) is 0 Å². The van der Waals surface area contributed by atoms with Crippen molar-refractivity contribution in [1.29, 1.82) is 0 Å². The van der Waals surface area contributed by atoms with E-state index in [9.17, 15) is 4.39 Å². The maximum atomic E-state index is 12.2. The lowest BCUT2D eigenvalue weighted by Gasteiger charge is -2.13. The van der Waals surface area contributed by atoms with Crippen LogP contribution in [-0.4, -0.2) is 26.2 Å². The number of nitrogens with zero attached hydrogens (tertiary/aromatic N) is 4. The second kappa shape index (κ2) is 7.19. The number of aromatic nitrogens is 4. The third kappa shape index (κ3) is 3.66. The summed E-state index contributed by atoms with van der Waals surface area (Å²) in [5.41, 5.74) is 2.09. The normalized spacial score (nSPS) is 12.8. The van der Waals surface area contributed by atoms with E-state index in [-0.39, 0.29) is 6.67 Å². The molecular weight excluding hydrogens is 257 g/mol. The molecule has 2 aromatic heterocycles. The molecule has 0 saturated carbocycles. The molecule has 6 heteroatoms. The summed E-state index contributed by atoms with van der Waals surface area (Å²) in [5, 5.41) is 12.0. The van der Waals surface area contributed by atoms with Crippen LogP contribution in [0.5, 0.6) is 0 Å². The van der Waals surface area contributed by atoms with Crippen molar-refractivity contribution in [3.8, 4) is 0 Å². The van der Waals surface area contributed by atoms with E-state index in [2.05, 4.69) is 34.0 Å². The fourth-order valence-corrected chi connectivity index (χ4v) is 2.08. The van der Waals surface area contributed by atoms with E-state index in [4.69, 9.17) is 0 Å². The van der Waals surface area contributed by atoms with Crippen LogP contribution in [-0.2, 0) is 19.6 Å². The van der Waals surface area contributed by atoms with E-state index in [0.29, 0.717) is 19.1 Å². The minimum Gasteiger partial charge on any atom is -0.305 e. The smallest absolute Gasteiger partial charge is 0.109 e. The van der Waals surface area contributed by atoms with E-state index < -0.39 is 0 Å². The van der Waals surface area contributed by atoms with E-state index in [1.807, 2.05) is 18.3 Å². The molecule has 0 fully saturated rings. The molecule has 1 N–H and O–H groups in total. The maximum Gasteiger partial charge on any atom is 0.109 e. The monoisotopic (exact) mass is 279 g/mol. The largest absolute Gasteiger partial charge is 0.305 e. The van der Waals surface area contributed by atoms with Gasteiger partial charge in [0.05, 0.1) is 17.9 Å². The third-order valence-electron chi connectivity index (χ3n) is 3.38. The van der Waals surface area contributed by atoms with Gasteiger partial charge in [-0.05, 0) is 25.5 Å². The van der Waals surface area contributed by atoms with Crippen LogP contribution in [0.3, 0.4) is 0 Å². The fraction of sp³-hybridized carbons (Fsp3) is 0.571. The Hall–Kier alpha value is -1.69. The Morgan fingerprint density at radius 2 is 2.20 bits per heavy atom. The molecule has 0 amide bonds. The zero-order valence-electron chi connectivity index (χ0n) is 12.1. The van der Waals surface area contributed by atoms with Crippen molar-refractivity contribution in [2.45, 2.75) is 45.9 Å². The van der Waals surface area contributed by atoms with Gasteiger partial charge in [-0.25, -0.2) is 4.39 Å². The first-order valence-corrected chi connectivity index (χ1v) is 7.06. The first kappa shape index (κ1) is 14.7. The van der Waals surface area contributed by atoms with Crippen LogP contribution < -0.4 is 5.32 Å². The van der Waals surface area contributed by atoms with Crippen molar-refractivity contribution < 1.29 is 4.39 Å². The van der Waals surface area contributed by atoms with E-state index in [0.717, 1.165) is 18.7 Å². The lowest BCUT2D eigenvalue weighted by Crippen LogP contribution is -2.18. The molecule has 2 rings (SSSR count). The van der Waals surface area contributed by atoms with Gasteiger partial charge >= 0.3 is 0 Å². The van der Waals surface area contributed by atoms with Gasteiger partial charge in [0.15, 0.2) is 0 Å². The molecule has 0 spiro atoms. The van der Waals surface area contributed by atoms with Crippen molar-refractivity contribution in [1.82, 2.24) is 24.9 Å². The molecule has 0 aromatic carbocycles. The van der Waals surface area contributed by atoms with Gasteiger partial charge in [0, 0.05) is 31.5 Å². The van der Waals surface area contributed by atoms with E-state index in [1.165, 1.54) is 5.69 Å². The first-order chi connectivity index (χ1) is 9.74. The Morgan fingerprint density at radius 3 is 2.95 bits per heavy atom. The van der Waals surface area contributed by atoms with Gasteiger partial charge in [0.25, 0.3) is 0 Å². The molecule has 0 unspecified atom stereocenters. The Kier molecular flexibility index (Phi) is 5.29. The van der Waals surface area contributed by atoms with E-state index in [1.54, 1.807) is 10.9 Å². The Morgan fingerprint density at radius 1 is 1.35 bits per heavy atom. The summed E-state index contributed by atoms with van der Waals surface area (Å²) >= 11 is 0. The molecule has 0 aliphatic rings. The number of aryl methyl sites for hydroxylation is 1. The molecule has 0 saturated heterocycles. The van der Waals surface area contributed by atoms with Crippen molar-refractivity contribution >= 4 is 0 Å². The van der Waals surface area contributed by atoms with Crippen LogP contribution >= 0.6 is 0 Å². The van der Waals surface area contributed by atoms with Gasteiger partial charge in [-0.1, -0.05) is 6.92 Å². The van der Waals surface area contributed by atoms with Crippen LogP contribution in [0.1, 0.15) is 37.7 Å². The molecule has 0 aliphatic heterocycles. The Balaban J connectivity index is 1.84. The van der Waals surface area contributed by atoms with Crippen molar-refractivity contribution in [3.63, 3.8) is 0 Å². The zero-order chi connectivity index (χ0) is 14.4. The molecular formula is C14H22FN5. The predicted octanol–water partition coefficient (Wildman–Crippen LogP) is 2.31. The number of nitrogens with one attached hydrogen (secondary N) is 1. The van der Waals surface area contributed by atoms with Crippen LogP contribution in [0.2, 0.25) is 0 Å². The second-order valence-corrected chi connectivity index (χ2v) is 4.89. The molecule has 0 aliphatic carbocycles. The SMILES string of the molecule is CC[C@@H](C)n1nccc1CNCc1ccn(CCF)n1. The quantitative estimate of drug-likeness (QED) is 0.806. The Labute approximate surface area is 118 Å². The maximum absolute atomic E-state index is 12.2. The minimum absolute atomic E-state index is 0.320. The number of hydrogen-bond donors (Lipinski definition) is 1. The van der Waals surface area contributed by atoms with Crippen molar-refractivity contribution in [3.05, 3.63) is 35.9 Å². The number of halogens is 1. The highest BCUT2D eigenvalue weighted by atomic mass is 19.1. The fourth-order valence-electron chi connectivity index (χ4n) is 2.08. The van der Waals surface area contributed by atoms with Crippen LogP contribution in [0.25, 0.3) is 0 Å². The summed E-state index contributed by atoms with van der Waals surface area (Å²) in [5.74, 6) is 0. The summed E-state index contributed by atoms with van der Waals surface area (Å²) < 4.78 is 15.9. The summed E-state index contributed by atoms with van der Waals surface area (Å²) in [6.45, 7) is 5.67. The van der Waals surface area contributed by atoms with E-state index >= 15 is 0 Å². The van der Waals surface area contributed by atoms with Crippen molar-refractivity contribution in [2.24, 2.45) is 0 Å². The van der Waals surface area contributed by atoms with Gasteiger partial charge in [-0.2, -0.15) is 10.2 Å². The minimum atomic E-state index is -0.386. The van der Waals surface area contributed by atoms with Crippen LogP contribution in [0.15, 0.2) is 24.5 Å². The second-order valence-electron chi connectivity index (χ2n) is 4.89. The molecule has 0 radical (unpaired) electrons. The number of rotatable bonds is 8. The summed E-state index contributed by atoms with van der Waals surface area (Å²) in [7, 11) is 0. The highest BCUT2D eigenvalue weighted by molar-refractivity contribution is 5.03. The topological polar surface area (TPSA) is 47.7 Å². The zero-order valence-corrected chi connectivity index (χ0v) is 12.1. The molecule has 2 aromatic rings. The molecule has 0 bridgehead atoms. The van der Waals surface area contributed by atoms with Crippen LogP contribution in [0.4, 0.5) is 4.39 Å². The van der Waals surface area contributed by atoms with Crippen molar-refractivity contribution in [2.75, 3.05) is 6.67 Å². The summed E-state index contributed by atoms with van der Waals surface area (Å²) in [6, 6.07) is 4.35. The average molecular weight is 279 g/mol. The van der Waals surface area contributed by atoms with Gasteiger partial charge in [0.1, 0.15) is 6.67 Å². The summed E-state index contributed by atoms with van der Waals surface area (Å²) in [4.78, 5) is 0. The standard InChI is InChI=1S/C14H22FN5/c1-3-12(2)20-14(4-7-17-20)11-16-10-13-5-8-19(18-13)9-6-15/h4-5,7-8,12,16H,3,6,9-11H2,1-2H3/t12-/m1/s1. The highest BCUT2D eigenvalue weighted by Crippen LogP contribution is 2.12. The lowest BCUT2D eigenvalue weighted by atomic mass is 10.2. The summed E-state index contributed by atoms with van der Waals surface area (Å²) in [6.07, 6.45) is 4.70. The van der Waals surface area contributed by atoms with Gasteiger partial charge in [0.2, 0.25) is 0 Å². The lowest BCUT2D eigenvalue weighted by molar-refractivity contribution is 0.424. The first-order valence-electron chi connectivity index (χ1n) is 7.06. The molecule has 5 nitrogen and oxygen atoms in total. The number of hydrogen-bond acceptors (Lipinski definition) is 3. The van der Waals surface area contributed by atoms with Gasteiger partial charge < -0.3 is 5.32 Å². The van der Waals surface area contributed by atoms with Gasteiger partial charge in [-0.3, -0.25) is 9.36 Å². The molecule has 2 heterocycles.